The second-order valence-electron chi connectivity index (χ2n) is 20.4. The molecule has 0 aliphatic rings. The topological polar surface area (TPSA) is 69.6 Å². The first-order valence-corrected chi connectivity index (χ1v) is 29.7. The molecule has 0 aromatic heterocycles. The number of amides is 1. The lowest BCUT2D eigenvalue weighted by molar-refractivity contribution is -0.123. The number of hydrogen-bond donors (Lipinski definition) is 3. The SMILES string of the molecule is CCCCCCC/C=C\C/C=C\CCCCCCCCCCCCCCCCCCCCCC(=O)NC(CO)C(O)/C=C/CCCCCCCCCCCCCCCCCCCCCC. The van der Waals surface area contributed by atoms with Gasteiger partial charge in [0.05, 0.1) is 18.8 Å². The van der Waals surface area contributed by atoms with Gasteiger partial charge in [0.1, 0.15) is 0 Å². The van der Waals surface area contributed by atoms with Crippen LogP contribution in [0.3, 0.4) is 0 Å². The number of allylic oxidation sites excluding steroid dienone is 5. The maximum absolute atomic E-state index is 12.5. The summed E-state index contributed by atoms with van der Waals surface area (Å²) in [5, 5.41) is 23.2. The molecule has 0 saturated heterocycles. The zero-order valence-electron chi connectivity index (χ0n) is 44.3. The van der Waals surface area contributed by atoms with Crippen molar-refractivity contribution in [3.8, 4) is 0 Å². The van der Waals surface area contributed by atoms with Crippen LogP contribution in [0.4, 0.5) is 0 Å². The number of aliphatic hydroxyl groups is 2. The summed E-state index contributed by atoms with van der Waals surface area (Å²) in [7, 11) is 0. The first kappa shape index (κ1) is 63.6. The summed E-state index contributed by atoms with van der Waals surface area (Å²) < 4.78 is 0. The number of unbranched alkanes of at least 4 members (excludes halogenated alkanes) is 44. The van der Waals surface area contributed by atoms with Crippen molar-refractivity contribution in [2.75, 3.05) is 6.61 Å². The van der Waals surface area contributed by atoms with Crippen LogP contribution in [0.1, 0.15) is 328 Å². The van der Waals surface area contributed by atoms with Gasteiger partial charge in [-0.15, -0.1) is 0 Å². The summed E-state index contributed by atoms with van der Waals surface area (Å²) >= 11 is 0. The molecule has 4 heteroatoms. The summed E-state index contributed by atoms with van der Waals surface area (Å²) in [5.41, 5.74) is 0. The van der Waals surface area contributed by atoms with Crippen molar-refractivity contribution in [1.82, 2.24) is 5.32 Å². The van der Waals surface area contributed by atoms with Crippen molar-refractivity contribution in [2.45, 2.75) is 341 Å². The summed E-state index contributed by atoms with van der Waals surface area (Å²) in [6, 6.07) is -0.621. The van der Waals surface area contributed by atoms with Gasteiger partial charge in [0, 0.05) is 6.42 Å². The minimum atomic E-state index is -0.838. The van der Waals surface area contributed by atoms with E-state index in [4.69, 9.17) is 0 Å². The van der Waals surface area contributed by atoms with E-state index in [-0.39, 0.29) is 12.5 Å². The Balaban J connectivity index is 3.45. The zero-order valence-corrected chi connectivity index (χ0v) is 44.3. The molecular formula is C61H117NO3. The third kappa shape index (κ3) is 53.4. The molecule has 0 bridgehead atoms. The highest BCUT2D eigenvalue weighted by molar-refractivity contribution is 5.76. The second kappa shape index (κ2) is 56.9. The summed E-state index contributed by atoms with van der Waals surface area (Å²) in [5.74, 6) is -0.0579. The maximum atomic E-state index is 12.5. The lowest BCUT2D eigenvalue weighted by atomic mass is 10.0. The van der Waals surface area contributed by atoms with Gasteiger partial charge in [0.2, 0.25) is 5.91 Å². The standard InChI is InChI=1S/C61H117NO3/c1-3-5-7-9-11-13-15-17-19-21-23-25-27-28-29-30-31-32-33-34-35-37-39-41-43-45-47-49-51-53-55-57-61(65)62-59(58-63)60(64)56-54-52-50-48-46-44-42-40-38-36-26-24-22-20-18-16-14-12-10-8-6-4-2/h15,17,21,23,54,56,59-60,63-64H,3-14,16,18-20,22,24-53,55,57-58H2,1-2H3,(H,62,65)/b17-15-,23-21-,56-54+. The fourth-order valence-corrected chi connectivity index (χ4v) is 9.33. The van der Waals surface area contributed by atoms with E-state index in [1.165, 1.54) is 276 Å². The predicted octanol–water partition coefficient (Wildman–Crippen LogP) is 19.6. The van der Waals surface area contributed by atoms with E-state index in [2.05, 4.69) is 43.5 Å². The maximum Gasteiger partial charge on any atom is 0.220 e. The molecule has 2 atom stereocenters. The molecule has 0 fully saturated rings. The first-order valence-electron chi connectivity index (χ1n) is 29.7. The van der Waals surface area contributed by atoms with E-state index in [1.807, 2.05) is 6.08 Å². The lowest BCUT2D eigenvalue weighted by Crippen LogP contribution is -2.45. The summed E-state index contributed by atoms with van der Waals surface area (Å²) in [6.07, 6.45) is 77.5. The third-order valence-electron chi connectivity index (χ3n) is 13.9. The van der Waals surface area contributed by atoms with Crippen LogP contribution >= 0.6 is 0 Å². The molecule has 384 valence electrons. The van der Waals surface area contributed by atoms with Crippen LogP contribution in [-0.4, -0.2) is 34.9 Å². The number of carbonyl (C=O) groups is 1. The smallest absolute Gasteiger partial charge is 0.220 e. The average Bonchev–Trinajstić information content (AvgIpc) is 3.31. The van der Waals surface area contributed by atoms with Crippen LogP contribution in [0, 0.1) is 0 Å². The Labute approximate surface area is 408 Å². The molecule has 0 aliphatic heterocycles. The monoisotopic (exact) mass is 912 g/mol. The molecule has 0 aliphatic carbocycles. The van der Waals surface area contributed by atoms with Crippen molar-refractivity contribution in [1.29, 1.82) is 0 Å². The van der Waals surface area contributed by atoms with Crippen LogP contribution in [0.2, 0.25) is 0 Å². The second-order valence-corrected chi connectivity index (χ2v) is 20.4. The molecule has 0 rings (SSSR count). The van der Waals surface area contributed by atoms with Gasteiger partial charge < -0.3 is 15.5 Å². The van der Waals surface area contributed by atoms with E-state index in [1.54, 1.807) is 6.08 Å². The molecule has 4 nitrogen and oxygen atoms in total. The Morgan fingerprint density at radius 3 is 0.923 bits per heavy atom. The number of aliphatic hydroxyl groups excluding tert-OH is 2. The Kier molecular flexibility index (Phi) is 55.7. The average molecular weight is 913 g/mol. The zero-order chi connectivity index (χ0) is 47.0. The Morgan fingerprint density at radius 1 is 0.369 bits per heavy atom. The minimum Gasteiger partial charge on any atom is -0.394 e. The highest BCUT2D eigenvalue weighted by atomic mass is 16.3. The molecule has 3 N–H and O–H groups in total. The molecule has 0 radical (unpaired) electrons. The van der Waals surface area contributed by atoms with E-state index in [0.717, 1.165) is 32.1 Å². The molecule has 0 saturated carbocycles. The van der Waals surface area contributed by atoms with Crippen molar-refractivity contribution < 1.29 is 15.0 Å². The minimum absolute atomic E-state index is 0.0579. The van der Waals surface area contributed by atoms with Gasteiger partial charge in [-0.1, -0.05) is 307 Å². The van der Waals surface area contributed by atoms with E-state index in [0.29, 0.717) is 6.42 Å². The van der Waals surface area contributed by atoms with Crippen LogP contribution < -0.4 is 5.32 Å². The van der Waals surface area contributed by atoms with E-state index < -0.39 is 12.1 Å². The normalized spacial score (nSPS) is 13.0. The van der Waals surface area contributed by atoms with Crippen molar-refractivity contribution in [3.05, 3.63) is 36.5 Å². The number of carbonyl (C=O) groups excluding carboxylic acids is 1. The van der Waals surface area contributed by atoms with Gasteiger partial charge in [-0.2, -0.15) is 0 Å². The third-order valence-corrected chi connectivity index (χ3v) is 13.9. The largest absolute Gasteiger partial charge is 0.394 e. The lowest BCUT2D eigenvalue weighted by Gasteiger charge is -2.20. The van der Waals surface area contributed by atoms with Gasteiger partial charge in [0.15, 0.2) is 0 Å². The molecule has 0 heterocycles. The molecule has 2 unspecified atom stereocenters. The van der Waals surface area contributed by atoms with Gasteiger partial charge in [-0.25, -0.2) is 0 Å². The van der Waals surface area contributed by atoms with E-state index in [9.17, 15) is 15.0 Å². The fourth-order valence-electron chi connectivity index (χ4n) is 9.33. The molecular weight excluding hydrogens is 795 g/mol. The van der Waals surface area contributed by atoms with Crippen LogP contribution in [-0.2, 0) is 4.79 Å². The summed E-state index contributed by atoms with van der Waals surface area (Å²) in [4.78, 5) is 12.5. The number of hydrogen-bond acceptors (Lipinski definition) is 3. The Morgan fingerprint density at radius 2 is 0.631 bits per heavy atom. The van der Waals surface area contributed by atoms with Gasteiger partial charge in [0.25, 0.3) is 0 Å². The van der Waals surface area contributed by atoms with Crippen molar-refractivity contribution >= 4 is 5.91 Å². The van der Waals surface area contributed by atoms with Gasteiger partial charge >= 0.3 is 0 Å². The van der Waals surface area contributed by atoms with Crippen LogP contribution in [0.25, 0.3) is 0 Å². The molecule has 0 aromatic rings. The molecule has 65 heavy (non-hydrogen) atoms. The number of nitrogens with one attached hydrogen (secondary N) is 1. The quantitative estimate of drug-likeness (QED) is 0.0421. The Bertz CT molecular complexity index is 989. The number of rotatable bonds is 55. The summed E-state index contributed by atoms with van der Waals surface area (Å²) in [6.45, 7) is 4.33. The van der Waals surface area contributed by atoms with Crippen molar-refractivity contribution in [3.63, 3.8) is 0 Å². The molecule has 0 aromatic carbocycles. The fraction of sp³-hybridized carbons (Fsp3) is 0.885. The van der Waals surface area contributed by atoms with Crippen LogP contribution in [0.5, 0.6) is 0 Å². The molecule has 0 spiro atoms. The Hall–Kier alpha value is -1.39. The van der Waals surface area contributed by atoms with Gasteiger partial charge in [-0.05, 0) is 51.4 Å². The predicted molar refractivity (Wildman–Crippen MR) is 290 cm³/mol. The van der Waals surface area contributed by atoms with Gasteiger partial charge in [-0.3, -0.25) is 4.79 Å². The highest BCUT2D eigenvalue weighted by Gasteiger charge is 2.18. The van der Waals surface area contributed by atoms with E-state index >= 15 is 0 Å². The first-order chi connectivity index (χ1) is 32.2. The molecule has 1 amide bonds. The highest BCUT2D eigenvalue weighted by Crippen LogP contribution is 2.18. The van der Waals surface area contributed by atoms with Crippen molar-refractivity contribution in [2.24, 2.45) is 0 Å². The van der Waals surface area contributed by atoms with Crippen LogP contribution in [0.15, 0.2) is 36.5 Å².